The van der Waals surface area contributed by atoms with E-state index >= 15 is 0 Å². The number of hydrogen-bond acceptors (Lipinski definition) is 6. The van der Waals surface area contributed by atoms with E-state index in [0.29, 0.717) is 10.8 Å². The molecular weight excluding hydrogens is 348 g/mol. The number of ether oxygens (including phenoxy) is 1. The van der Waals surface area contributed by atoms with E-state index < -0.39 is 15.9 Å². The summed E-state index contributed by atoms with van der Waals surface area (Å²) in [6, 6.07) is 7.34. The minimum absolute atomic E-state index is 0.00222. The Balaban J connectivity index is 1.74. The molecule has 1 aliphatic carbocycles. The molecule has 0 saturated heterocycles. The van der Waals surface area contributed by atoms with Crippen LogP contribution in [0.2, 0.25) is 0 Å². The first-order valence-corrected chi connectivity index (χ1v) is 10.2. The molecular formula is C16H18N2O4S2. The molecule has 128 valence electrons. The van der Waals surface area contributed by atoms with Gasteiger partial charge in [-0.25, -0.2) is 18.1 Å². The molecule has 0 atom stereocenters. The van der Waals surface area contributed by atoms with Crippen molar-refractivity contribution < 1.29 is 17.9 Å². The molecule has 0 aliphatic heterocycles. The number of nitrogens with one attached hydrogen (secondary N) is 1. The van der Waals surface area contributed by atoms with Crippen LogP contribution in [0.5, 0.6) is 5.75 Å². The highest BCUT2D eigenvalue weighted by atomic mass is 32.2. The number of thiazole rings is 1. The van der Waals surface area contributed by atoms with Crippen LogP contribution in [0.1, 0.15) is 29.8 Å². The summed E-state index contributed by atoms with van der Waals surface area (Å²) in [4.78, 5) is 16.4. The molecule has 2 aromatic rings. The number of para-hydroxylation sites is 1. The lowest BCUT2D eigenvalue weighted by molar-refractivity contribution is 0.0977. The van der Waals surface area contributed by atoms with E-state index in [1.54, 1.807) is 18.6 Å². The van der Waals surface area contributed by atoms with Gasteiger partial charge in [-0.05, 0) is 30.9 Å². The highest BCUT2D eigenvalue weighted by molar-refractivity contribution is 7.90. The minimum Gasteiger partial charge on any atom is -0.496 e. The number of amides is 1. The molecule has 1 heterocycles. The zero-order valence-corrected chi connectivity index (χ0v) is 14.8. The van der Waals surface area contributed by atoms with Gasteiger partial charge >= 0.3 is 0 Å². The first kappa shape index (κ1) is 16.9. The van der Waals surface area contributed by atoms with Gasteiger partial charge in [0, 0.05) is 5.38 Å². The number of carbonyl (C=O) groups excluding carboxylic acids is 1. The molecule has 0 bridgehead atoms. The summed E-state index contributed by atoms with van der Waals surface area (Å²) >= 11 is 1.27. The Kier molecular flexibility index (Phi) is 4.86. The van der Waals surface area contributed by atoms with Crippen LogP contribution in [0, 0.1) is 5.92 Å². The van der Waals surface area contributed by atoms with Gasteiger partial charge in [0.1, 0.15) is 16.5 Å². The van der Waals surface area contributed by atoms with Crippen LogP contribution in [0.25, 0.3) is 10.6 Å². The first-order valence-electron chi connectivity index (χ1n) is 7.62. The monoisotopic (exact) mass is 366 g/mol. The number of carbonyl (C=O) groups is 1. The number of sulfonamides is 1. The molecule has 1 N–H and O–H groups in total. The fourth-order valence-electron chi connectivity index (χ4n) is 2.53. The zero-order valence-electron chi connectivity index (χ0n) is 13.2. The smallest absolute Gasteiger partial charge is 0.284 e. The summed E-state index contributed by atoms with van der Waals surface area (Å²) in [5.74, 6) is 0.125. The highest BCUT2D eigenvalue weighted by Gasteiger charge is 2.26. The number of nitrogens with zero attached hydrogens (tertiary/aromatic N) is 1. The molecule has 1 aliphatic rings. The molecule has 0 spiro atoms. The molecule has 8 heteroatoms. The van der Waals surface area contributed by atoms with E-state index in [1.807, 2.05) is 18.2 Å². The third-order valence-electron chi connectivity index (χ3n) is 4.00. The molecule has 3 rings (SSSR count). The Bertz CT molecular complexity index is 841. The van der Waals surface area contributed by atoms with Crippen LogP contribution in [-0.4, -0.2) is 32.2 Å². The Hall–Kier alpha value is -1.93. The fraction of sp³-hybridized carbons (Fsp3) is 0.375. The van der Waals surface area contributed by atoms with Gasteiger partial charge in [0.2, 0.25) is 10.0 Å². The SMILES string of the molecule is COc1ccccc1-c1nc(C(=O)NS(=O)(=O)CC2CCC2)cs1. The Morgan fingerprint density at radius 2 is 2.12 bits per heavy atom. The maximum absolute atomic E-state index is 12.2. The summed E-state index contributed by atoms with van der Waals surface area (Å²) in [6.45, 7) is 0. The second-order valence-corrected chi connectivity index (χ2v) is 8.37. The quantitative estimate of drug-likeness (QED) is 0.849. The summed E-state index contributed by atoms with van der Waals surface area (Å²) in [6.07, 6.45) is 2.87. The normalized spacial score (nSPS) is 14.9. The summed E-state index contributed by atoms with van der Waals surface area (Å²) in [7, 11) is -2.05. The van der Waals surface area contributed by atoms with Crippen molar-refractivity contribution in [1.29, 1.82) is 0 Å². The van der Waals surface area contributed by atoms with Crippen LogP contribution in [-0.2, 0) is 10.0 Å². The standard InChI is InChI=1S/C16H18N2O4S2/c1-22-14-8-3-2-7-12(14)16-17-13(9-23-16)15(19)18-24(20,21)10-11-5-4-6-11/h2-3,7-9,11H,4-6,10H2,1H3,(H,18,19). The molecule has 1 fully saturated rings. The van der Waals surface area contributed by atoms with Crippen molar-refractivity contribution in [3.8, 4) is 16.3 Å². The first-order chi connectivity index (χ1) is 11.5. The van der Waals surface area contributed by atoms with E-state index in [4.69, 9.17) is 4.74 Å². The zero-order chi connectivity index (χ0) is 17.2. The number of benzene rings is 1. The number of methoxy groups -OCH3 is 1. The Morgan fingerprint density at radius 1 is 1.38 bits per heavy atom. The van der Waals surface area contributed by atoms with Crippen LogP contribution in [0.4, 0.5) is 0 Å². The average Bonchev–Trinajstić information content (AvgIpc) is 3.00. The van der Waals surface area contributed by atoms with Crippen LogP contribution in [0.15, 0.2) is 29.6 Å². The predicted octanol–water partition coefficient (Wildman–Crippen LogP) is 2.68. The molecule has 6 nitrogen and oxygen atoms in total. The second kappa shape index (κ2) is 6.90. The van der Waals surface area contributed by atoms with Gasteiger partial charge in [-0.2, -0.15) is 0 Å². The molecule has 1 amide bonds. The molecule has 1 aromatic heterocycles. The van der Waals surface area contributed by atoms with Crippen LogP contribution in [0.3, 0.4) is 0 Å². The number of hydrogen-bond donors (Lipinski definition) is 1. The maximum Gasteiger partial charge on any atom is 0.284 e. The molecule has 1 aromatic carbocycles. The minimum atomic E-state index is -3.62. The van der Waals surface area contributed by atoms with Crippen LogP contribution < -0.4 is 9.46 Å². The van der Waals surface area contributed by atoms with E-state index in [0.717, 1.165) is 24.8 Å². The third kappa shape index (κ3) is 3.76. The fourth-order valence-corrected chi connectivity index (χ4v) is 4.78. The number of aromatic nitrogens is 1. The van der Waals surface area contributed by atoms with Crippen molar-refractivity contribution in [1.82, 2.24) is 9.71 Å². The lowest BCUT2D eigenvalue weighted by atomic mass is 9.87. The molecule has 24 heavy (non-hydrogen) atoms. The summed E-state index contributed by atoms with van der Waals surface area (Å²) < 4.78 is 31.4. The second-order valence-electron chi connectivity index (χ2n) is 5.75. The Labute approximate surface area is 144 Å². The van der Waals surface area contributed by atoms with E-state index in [-0.39, 0.29) is 17.4 Å². The van der Waals surface area contributed by atoms with Gasteiger partial charge in [-0.15, -0.1) is 11.3 Å². The molecule has 1 saturated carbocycles. The van der Waals surface area contributed by atoms with Crippen molar-refractivity contribution in [3.63, 3.8) is 0 Å². The highest BCUT2D eigenvalue weighted by Crippen LogP contribution is 2.32. The van der Waals surface area contributed by atoms with Gasteiger partial charge in [-0.1, -0.05) is 18.6 Å². The summed E-state index contributed by atoms with van der Waals surface area (Å²) in [5, 5.41) is 2.16. The lowest BCUT2D eigenvalue weighted by Crippen LogP contribution is -2.36. The van der Waals surface area contributed by atoms with Crippen molar-refractivity contribution >= 4 is 27.3 Å². The molecule has 0 radical (unpaired) electrons. The largest absolute Gasteiger partial charge is 0.496 e. The summed E-state index contributed by atoms with van der Waals surface area (Å²) in [5.41, 5.74) is 0.861. The van der Waals surface area contributed by atoms with Crippen molar-refractivity contribution in [2.75, 3.05) is 12.9 Å². The van der Waals surface area contributed by atoms with E-state index in [2.05, 4.69) is 9.71 Å². The van der Waals surface area contributed by atoms with Crippen LogP contribution >= 0.6 is 11.3 Å². The lowest BCUT2D eigenvalue weighted by Gasteiger charge is -2.24. The average molecular weight is 366 g/mol. The van der Waals surface area contributed by atoms with Gasteiger partial charge in [0.15, 0.2) is 0 Å². The van der Waals surface area contributed by atoms with E-state index in [9.17, 15) is 13.2 Å². The van der Waals surface area contributed by atoms with Gasteiger partial charge < -0.3 is 4.74 Å². The maximum atomic E-state index is 12.2. The van der Waals surface area contributed by atoms with E-state index in [1.165, 1.54) is 11.3 Å². The third-order valence-corrected chi connectivity index (χ3v) is 6.28. The van der Waals surface area contributed by atoms with Gasteiger partial charge in [0.25, 0.3) is 5.91 Å². The number of rotatable bonds is 6. The van der Waals surface area contributed by atoms with Gasteiger partial charge in [-0.3, -0.25) is 4.79 Å². The predicted molar refractivity (Wildman–Crippen MR) is 92.7 cm³/mol. The Morgan fingerprint density at radius 3 is 2.79 bits per heavy atom. The van der Waals surface area contributed by atoms with Crippen molar-refractivity contribution in [2.24, 2.45) is 5.92 Å². The van der Waals surface area contributed by atoms with Crippen molar-refractivity contribution in [3.05, 3.63) is 35.3 Å². The van der Waals surface area contributed by atoms with Gasteiger partial charge in [0.05, 0.1) is 18.4 Å². The van der Waals surface area contributed by atoms with Crippen molar-refractivity contribution in [2.45, 2.75) is 19.3 Å². The molecule has 0 unspecified atom stereocenters. The topological polar surface area (TPSA) is 85.4 Å².